The summed E-state index contributed by atoms with van der Waals surface area (Å²) in [5.74, 6) is -0.0273. The van der Waals surface area contributed by atoms with Gasteiger partial charge in [0.25, 0.3) is 0 Å². The van der Waals surface area contributed by atoms with E-state index in [-0.39, 0.29) is 11.9 Å². The standard InChI is InChI=1S/C12H24N4O2/c1-4-12(3,13)10(17)15-6-8-16(9-7-15)11(18)14-5-2/h4-9,13H2,1-3H3,(H,14,18). The number of hydrogen-bond donors (Lipinski definition) is 2. The Morgan fingerprint density at radius 2 is 1.67 bits per heavy atom. The van der Waals surface area contributed by atoms with Gasteiger partial charge in [-0.15, -0.1) is 0 Å². The van der Waals surface area contributed by atoms with E-state index in [4.69, 9.17) is 5.73 Å². The third-order valence-corrected chi connectivity index (χ3v) is 3.41. The number of rotatable bonds is 3. The predicted molar refractivity (Wildman–Crippen MR) is 70.1 cm³/mol. The average Bonchev–Trinajstić information content (AvgIpc) is 2.38. The molecule has 6 heteroatoms. The molecule has 18 heavy (non-hydrogen) atoms. The van der Waals surface area contributed by atoms with E-state index >= 15 is 0 Å². The zero-order chi connectivity index (χ0) is 13.8. The smallest absolute Gasteiger partial charge is 0.317 e. The molecule has 0 aliphatic carbocycles. The van der Waals surface area contributed by atoms with Gasteiger partial charge in [0.1, 0.15) is 0 Å². The maximum atomic E-state index is 12.1. The molecule has 1 heterocycles. The molecule has 0 aromatic heterocycles. The molecule has 1 rings (SSSR count). The van der Waals surface area contributed by atoms with Gasteiger partial charge in [-0.3, -0.25) is 4.79 Å². The van der Waals surface area contributed by atoms with Crippen molar-refractivity contribution in [3.63, 3.8) is 0 Å². The van der Waals surface area contributed by atoms with Crippen LogP contribution in [0.15, 0.2) is 0 Å². The van der Waals surface area contributed by atoms with Crippen molar-refractivity contribution in [3.05, 3.63) is 0 Å². The summed E-state index contributed by atoms with van der Waals surface area (Å²) in [5.41, 5.74) is 5.15. The number of hydrogen-bond acceptors (Lipinski definition) is 3. The van der Waals surface area contributed by atoms with Crippen molar-refractivity contribution in [3.8, 4) is 0 Å². The van der Waals surface area contributed by atoms with Crippen LogP contribution >= 0.6 is 0 Å². The van der Waals surface area contributed by atoms with Crippen LogP contribution in [0.2, 0.25) is 0 Å². The summed E-state index contributed by atoms with van der Waals surface area (Å²) in [6.45, 7) is 8.42. The molecule has 0 spiro atoms. The highest BCUT2D eigenvalue weighted by atomic mass is 16.2. The molecule has 1 aliphatic heterocycles. The van der Waals surface area contributed by atoms with Gasteiger partial charge in [-0.05, 0) is 20.3 Å². The van der Waals surface area contributed by atoms with E-state index in [0.29, 0.717) is 39.1 Å². The van der Waals surface area contributed by atoms with Crippen molar-refractivity contribution < 1.29 is 9.59 Å². The minimum atomic E-state index is -0.798. The summed E-state index contributed by atoms with van der Waals surface area (Å²) >= 11 is 0. The van der Waals surface area contributed by atoms with Gasteiger partial charge >= 0.3 is 6.03 Å². The normalized spacial score (nSPS) is 19.3. The summed E-state index contributed by atoms with van der Waals surface area (Å²) in [5, 5.41) is 2.76. The Hall–Kier alpha value is -1.30. The maximum absolute atomic E-state index is 12.1. The van der Waals surface area contributed by atoms with Crippen molar-refractivity contribution in [2.45, 2.75) is 32.7 Å². The Labute approximate surface area is 108 Å². The Bertz CT molecular complexity index is 309. The molecule has 104 valence electrons. The lowest BCUT2D eigenvalue weighted by molar-refractivity contribution is -0.138. The highest BCUT2D eigenvalue weighted by Gasteiger charge is 2.33. The van der Waals surface area contributed by atoms with E-state index in [0.717, 1.165) is 0 Å². The van der Waals surface area contributed by atoms with Crippen LogP contribution in [-0.2, 0) is 4.79 Å². The minimum absolute atomic E-state index is 0.0273. The number of urea groups is 1. The quantitative estimate of drug-likeness (QED) is 0.745. The molecule has 0 aromatic rings. The predicted octanol–water partition coefficient (Wildman–Crippen LogP) is -0.0125. The van der Waals surface area contributed by atoms with Gasteiger partial charge in [0.05, 0.1) is 5.54 Å². The summed E-state index contributed by atoms with van der Waals surface area (Å²) in [4.78, 5) is 27.2. The second-order valence-corrected chi connectivity index (χ2v) is 4.89. The van der Waals surface area contributed by atoms with Gasteiger partial charge in [-0.1, -0.05) is 6.92 Å². The zero-order valence-corrected chi connectivity index (χ0v) is 11.5. The first-order chi connectivity index (χ1) is 8.42. The fraction of sp³-hybridized carbons (Fsp3) is 0.833. The molecule has 0 aromatic carbocycles. The van der Waals surface area contributed by atoms with Crippen molar-refractivity contribution in [1.82, 2.24) is 15.1 Å². The molecular weight excluding hydrogens is 232 g/mol. The number of carbonyl (C=O) groups excluding carboxylic acids is 2. The van der Waals surface area contributed by atoms with Gasteiger partial charge in [0, 0.05) is 32.7 Å². The van der Waals surface area contributed by atoms with Crippen LogP contribution in [0, 0.1) is 0 Å². The second-order valence-electron chi connectivity index (χ2n) is 4.89. The van der Waals surface area contributed by atoms with Crippen molar-refractivity contribution in [2.24, 2.45) is 5.73 Å². The van der Waals surface area contributed by atoms with Crippen molar-refractivity contribution in [1.29, 1.82) is 0 Å². The molecule has 0 radical (unpaired) electrons. The van der Waals surface area contributed by atoms with Crippen LogP contribution in [0.1, 0.15) is 27.2 Å². The molecule has 1 atom stereocenters. The Kier molecular flexibility index (Phi) is 4.95. The number of nitrogens with one attached hydrogen (secondary N) is 1. The minimum Gasteiger partial charge on any atom is -0.338 e. The first-order valence-electron chi connectivity index (χ1n) is 6.53. The molecule has 6 nitrogen and oxygen atoms in total. The summed E-state index contributed by atoms with van der Waals surface area (Å²) in [6, 6.07) is -0.0596. The summed E-state index contributed by atoms with van der Waals surface area (Å²) in [6.07, 6.45) is 0.613. The van der Waals surface area contributed by atoms with E-state index in [9.17, 15) is 9.59 Å². The highest BCUT2D eigenvalue weighted by Crippen LogP contribution is 2.12. The van der Waals surface area contributed by atoms with E-state index in [1.165, 1.54) is 0 Å². The topological polar surface area (TPSA) is 78.7 Å². The van der Waals surface area contributed by atoms with E-state index in [1.807, 2.05) is 13.8 Å². The van der Waals surface area contributed by atoms with E-state index < -0.39 is 5.54 Å². The van der Waals surface area contributed by atoms with Gasteiger partial charge < -0.3 is 20.9 Å². The average molecular weight is 256 g/mol. The lowest BCUT2D eigenvalue weighted by Crippen LogP contribution is -2.59. The van der Waals surface area contributed by atoms with Crippen LogP contribution in [0.4, 0.5) is 4.79 Å². The number of amides is 3. The first-order valence-corrected chi connectivity index (χ1v) is 6.53. The Morgan fingerprint density at radius 1 is 1.17 bits per heavy atom. The number of nitrogens with zero attached hydrogens (tertiary/aromatic N) is 2. The molecule has 0 bridgehead atoms. The van der Waals surface area contributed by atoms with Crippen LogP contribution in [-0.4, -0.2) is 60.0 Å². The van der Waals surface area contributed by atoms with Crippen molar-refractivity contribution in [2.75, 3.05) is 32.7 Å². The van der Waals surface area contributed by atoms with Gasteiger partial charge in [0.15, 0.2) is 0 Å². The second kappa shape index (κ2) is 6.04. The van der Waals surface area contributed by atoms with Crippen LogP contribution in [0.3, 0.4) is 0 Å². The van der Waals surface area contributed by atoms with Gasteiger partial charge in [-0.25, -0.2) is 4.79 Å². The van der Waals surface area contributed by atoms with E-state index in [2.05, 4.69) is 5.32 Å². The van der Waals surface area contributed by atoms with Crippen LogP contribution in [0.25, 0.3) is 0 Å². The molecule has 3 N–H and O–H groups in total. The third kappa shape index (κ3) is 3.35. The SMILES string of the molecule is CCNC(=O)N1CCN(C(=O)C(C)(N)CC)CC1. The van der Waals surface area contributed by atoms with E-state index in [1.54, 1.807) is 16.7 Å². The Morgan fingerprint density at radius 3 is 2.11 bits per heavy atom. The molecule has 1 unspecified atom stereocenters. The third-order valence-electron chi connectivity index (χ3n) is 3.41. The van der Waals surface area contributed by atoms with Crippen LogP contribution < -0.4 is 11.1 Å². The fourth-order valence-corrected chi connectivity index (χ4v) is 1.89. The number of piperazine rings is 1. The van der Waals surface area contributed by atoms with Crippen molar-refractivity contribution >= 4 is 11.9 Å². The monoisotopic (exact) mass is 256 g/mol. The molecule has 1 aliphatic rings. The van der Waals surface area contributed by atoms with Crippen LogP contribution in [0.5, 0.6) is 0 Å². The summed E-state index contributed by atoms with van der Waals surface area (Å²) < 4.78 is 0. The lowest BCUT2D eigenvalue weighted by atomic mass is 9.98. The van der Waals surface area contributed by atoms with Gasteiger partial charge in [0.2, 0.25) is 5.91 Å². The number of nitrogens with two attached hydrogens (primary N) is 1. The molecule has 1 fully saturated rings. The number of carbonyl (C=O) groups is 2. The molecule has 3 amide bonds. The first kappa shape index (κ1) is 14.8. The molecule has 0 saturated carbocycles. The molecular formula is C12H24N4O2. The Balaban J connectivity index is 2.49. The zero-order valence-electron chi connectivity index (χ0n) is 11.5. The highest BCUT2D eigenvalue weighted by molar-refractivity contribution is 5.86. The fourth-order valence-electron chi connectivity index (χ4n) is 1.89. The maximum Gasteiger partial charge on any atom is 0.317 e. The lowest BCUT2D eigenvalue weighted by Gasteiger charge is -2.38. The molecule has 1 saturated heterocycles. The van der Waals surface area contributed by atoms with Gasteiger partial charge in [-0.2, -0.15) is 0 Å². The largest absolute Gasteiger partial charge is 0.338 e. The summed E-state index contributed by atoms with van der Waals surface area (Å²) in [7, 11) is 0.